The first-order chi connectivity index (χ1) is 13.0. The molecule has 140 valence electrons. The van der Waals surface area contributed by atoms with E-state index in [1.165, 1.54) is 28.6 Å². The van der Waals surface area contributed by atoms with E-state index in [0.29, 0.717) is 16.5 Å². The fourth-order valence-corrected chi connectivity index (χ4v) is 3.40. The van der Waals surface area contributed by atoms with Crippen LogP contribution in [0.2, 0.25) is 0 Å². The van der Waals surface area contributed by atoms with Crippen LogP contribution >= 0.6 is 11.8 Å². The molecule has 1 amide bonds. The number of anilines is 1. The van der Waals surface area contributed by atoms with E-state index in [2.05, 4.69) is 10.2 Å². The number of halogens is 1. The highest BCUT2D eigenvalue weighted by atomic mass is 32.2. The van der Waals surface area contributed by atoms with Gasteiger partial charge in [-0.1, -0.05) is 30.0 Å². The maximum absolute atomic E-state index is 13.1. The normalized spacial score (nSPS) is 11.0. The number of benzene rings is 2. The predicted octanol–water partition coefficient (Wildman–Crippen LogP) is 3.33. The molecule has 8 heteroatoms. The third-order valence-corrected chi connectivity index (χ3v) is 4.84. The van der Waals surface area contributed by atoms with Crippen LogP contribution in [0.1, 0.15) is 13.8 Å². The van der Waals surface area contributed by atoms with Gasteiger partial charge in [-0.2, -0.15) is 0 Å². The lowest BCUT2D eigenvalue weighted by molar-refractivity contribution is -0.116. The summed E-state index contributed by atoms with van der Waals surface area (Å²) in [4.78, 5) is 14.5. The van der Waals surface area contributed by atoms with Crippen molar-refractivity contribution in [1.82, 2.24) is 14.9 Å². The van der Waals surface area contributed by atoms with Crippen molar-refractivity contribution in [2.45, 2.75) is 25.0 Å². The lowest BCUT2D eigenvalue weighted by atomic mass is 10.2. The van der Waals surface area contributed by atoms with Gasteiger partial charge in [0.25, 0.3) is 0 Å². The molecule has 0 spiro atoms. The van der Waals surface area contributed by atoms with Crippen LogP contribution in [-0.4, -0.2) is 32.6 Å². The van der Waals surface area contributed by atoms with Crippen molar-refractivity contribution < 1.29 is 9.18 Å². The van der Waals surface area contributed by atoms with Gasteiger partial charge in [-0.25, -0.2) is 9.07 Å². The maximum atomic E-state index is 13.1. The van der Waals surface area contributed by atoms with Crippen LogP contribution in [-0.2, 0) is 4.79 Å². The molecule has 2 N–H and O–H groups in total. The first-order valence-corrected chi connectivity index (χ1v) is 9.42. The van der Waals surface area contributed by atoms with Crippen LogP contribution in [0.25, 0.3) is 11.4 Å². The first kappa shape index (κ1) is 18.9. The number of nitrogen functional groups attached to an aromatic ring is 1. The lowest BCUT2D eigenvalue weighted by Crippen LogP contribution is -2.38. The molecule has 0 saturated heterocycles. The Morgan fingerprint density at radius 3 is 2.44 bits per heavy atom. The molecule has 1 aromatic heterocycles. The number of nitrogens with zero attached hydrogens (tertiary/aromatic N) is 4. The van der Waals surface area contributed by atoms with Crippen molar-refractivity contribution in [3.05, 3.63) is 60.4 Å². The summed E-state index contributed by atoms with van der Waals surface area (Å²) in [6.07, 6.45) is 0. The zero-order chi connectivity index (χ0) is 19.4. The Kier molecular flexibility index (Phi) is 5.75. The van der Waals surface area contributed by atoms with E-state index >= 15 is 0 Å². The van der Waals surface area contributed by atoms with Gasteiger partial charge < -0.3 is 10.7 Å². The number of hydrogen-bond donors (Lipinski definition) is 1. The van der Waals surface area contributed by atoms with Crippen LogP contribution < -0.4 is 10.7 Å². The van der Waals surface area contributed by atoms with Gasteiger partial charge in [0.05, 0.1) is 5.75 Å². The smallest absolute Gasteiger partial charge is 0.237 e. The topological polar surface area (TPSA) is 77.0 Å². The van der Waals surface area contributed by atoms with Crippen molar-refractivity contribution in [1.29, 1.82) is 0 Å². The summed E-state index contributed by atoms with van der Waals surface area (Å²) in [5.41, 5.74) is 1.50. The molecule has 27 heavy (non-hydrogen) atoms. The molecule has 0 bridgehead atoms. The Balaban J connectivity index is 1.73. The van der Waals surface area contributed by atoms with Crippen molar-refractivity contribution >= 4 is 23.4 Å². The lowest BCUT2D eigenvalue weighted by Gasteiger charge is -2.26. The van der Waals surface area contributed by atoms with Gasteiger partial charge in [0, 0.05) is 17.3 Å². The molecule has 0 aliphatic rings. The van der Waals surface area contributed by atoms with Gasteiger partial charge >= 0.3 is 0 Å². The molecule has 6 nitrogen and oxygen atoms in total. The molecule has 0 saturated carbocycles. The maximum Gasteiger partial charge on any atom is 0.237 e. The summed E-state index contributed by atoms with van der Waals surface area (Å²) in [7, 11) is 0. The summed E-state index contributed by atoms with van der Waals surface area (Å²) in [6.45, 7) is 3.93. The number of thioether (sulfide) groups is 1. The van der Waals surface area contributed by atoms with E-state index in [9.17, 15) is 9.18 Å². The Bertz CT molecular complexity index is 912. The zero-order valence-electron chi connectivity index (χ0n) is 15.0. The monoisotopic (exact) mass is 385 g/mol. The van der Waals surface area contributed by atoms with Crippen LogP contribution in [0.5, 0.6) is 0 Å². The molecule has 0 aliphatic carbocycles. The van der Waals surface area contributed by atoms with Gasteiger partial charge in [0.2, 0.25) is 11.1 Å². The standard InChI is InChI=1S/C19H20FN5OS/c1-13(2)24(16-6-4-3-5-7-16)17(26)12-27-19-23-22-18(25(19)21)14-8-10-15(20)11-9-14/h3-11,13H,12,21H2,1-2H3. The number of rotatable bonds is 6. The molecular weight excluding hydrogens is 365 g/mol. The largest absolute Gasteiger partial charge is 0.335 e. The minimum atomic E-state index is -0.336. The number of para-hydroxylation sites is 1. The Labute approximate surface area is 161 Å². The van der Waals surface area contributed by atoms with Crippen LogP contribution in [0, 0.1) is 5.82 Å². The van der Waals surface area contributed by atoms with Crippen molar-refractivity contribution in [3.63, 3.8) is 0 Å². The molecule has 3 aromatic rings. The van der Waals surface area contributed by atoms with Crippen LogP contribution in [0.4, 0.5) is 10.1 Å². The molecular formula is C19H20FN5OS. The first-order valence-electron chi connectivity index (χ1n) is 8.43. The van der Waals surface area contributed by atoms with Gasteiger partial charge in [0.15, 0.2) is 5.82 Å². The second-order valence-corrected chi connectivity index (χ2v) is 7.11. The summed E-state index contributed by atoms with van der Waals surface area (Å²) in [5.74, 6) is 6.26. The minimum absolute atomic E-state index is 0.0195. The molecule has 0 radical (unpaired) electrons. The van der Waals surface area contributed by atoms with E-state index < -0.39 is 0 Å². The highest BCUT2D eigenvalue weighted by Gasteiger charge is 2.21. The van der Waals surface area contributed by atoms with Crippen molar-refractivity contribution in [3.8, 4) is 11.4 Å². The highest BCUT2D eigenvalue weighted by molar-refractivity contribution is 7.99. The van der Waals surface area contributed by atoms with E-state index in [-0.39, 0.29) is 23.5 Å². The predicted molar refractivity (Wildman–Crippen MR) is 105 cm³/mol. The number of aromatic nitrogens is 3. The number of carbonyl (C=O) groups excluding carboxylic acids is 1. The van der Waals surface area contributed by atoms with E-state index in [1.54, 1.807) is 17.0 Å². The van der Waals surface area contributed by atoms with Gasteiger partial charge in [-0.3, -0.25) is 4.79 Å². The molecule has 2 aromatic carbocycles. The van der Waals surface area contributed by atoms with Crippen LogP contribution in [0.3, 0.4) is 0 Å². The van der Waals surface area contributed by atoms with Crippen molar-refractivity contribution in [2.75, 3.05) is 16.5 Å². The third kappa shape index (κ3) is 4.28. The second kappa shape index (κ2) is 8.22. The molecule has 0 fully saturated rings. The minimum Gasteiger partial charge on any atom is -0.335 e. The summed E-state index contributed by atoms with van der Waals surface area (Å²) >= 11 is 1.21. The molecule has 0 atom stereocenters. The SMILES string of the molecule is CC(C)N(C(=O)CSc1nnc(-c2ccc(F)cc2)n1N)c1ccccc1. The van der Waals surface area contributed by atoms with E-state index in [1.807, 2.05) is 44.2 Å². The highest BCUT2D eigenvalue weighted by Crippen LogP contribution is 2.24. The summed E-state index contributed by atoms with van der Waals surface area (Å²) in [6, 6.07) is 15.4. The fraction of sp³-hybridized carbons (Fsp3) is 0.211. The Morgan fingerprint density at radius 2 is 1.81 bits per heavy atom. The fourth-order valence-electron chi connectivity index (χ4n) is 2.69. The van der Waals surface area contributed by atoms with E-state index in [0.717, 1.165) is 5.69 Å². The second-order valence-electron chi connectivity index (χ2n) is 6.16. The Hall–Kier alpha value is -2.87. The third-order valence-electron chi connectivity index (χ3n) is 3.91. The van der Waals surface area contributed by atoms with Gasteiger partial charge in [-0.15, -0.1) is 10.2 Å². The molecule has 3 rings (SSSR count). The van der Waals surface area contributed by atoms with E-state index in [4.69, 9.17) is 5.84 Å². The number of hydrogen-bond acceptors (Lipinski definition) is 5. The quantitative estimate of drug-likeness (QED) is 0.520. The average Bonchev–Trinajstić information content (AvgIpc) is 3.02. The summed E-state index contributed by atoms with van der Waals surface area (Å²) < 4.78 is 14.4. The number of amides is 1. The van der Waals surface area contributed by atoms with Crippen LogP contribution in [0.15, 0.2) is 59.8 Å². The average molecular weight is 385 g/mol. The van der Waals surface area contributed by atoms with Gasteiger partial charge in [-0.05, 0) is 50.2 Å². The molecule has 1 heterocycles. The molecule has 0 aliphatic heterocycles. The number of nitrogens with two attached hydrogens (primary N) is 1. The zero-order valence-corrected chi connectivity index (χ0v) is 15.9. The van der Waals surface area contributed by atoms with Gasteiger partial charge in [0.1, 0.15) is 5.82 Å². The number of carbonyl (C=O) groups is 1. The van der Waals surface area contributed by atoms with Crippen molar-refractivity contribution in [2.24, 2.45) is 0 Å². The summed E-state index contributed by atoms with van der Waals surface area (Å²) in [5, 5.41) is 8.52. The Morgan fingerprint density at radius 1 is 1.15 bits per heavy atom. The molecule has 0 unspecified atom stereocenters.